The Morgan fingerprint density at radius 2 is 1.71 bits per heavy atom. The second kappa shape index (κ2) is 7.17. The summed E-state index contributed by atoms with van der Waals surface area (Å²) in [5.74, 6) is -1.74. The number of imide groups is 1. The lowest BCUT2D eigenvalue weighted by molar-refractivity contribution is -0.143. The molecule has 2 aromatic carbocycles. The predicted molar refractivity (Wildman–Crippen MR) is 92.4 cm³/mol. The summed E-state index contributed by atoms with van der Waals surface area (Å²) in [4.78, 5) is 23.1. The molecule has 2 atom stereocenters. The standard InChI is InChI=1S/C20H13F6NO4/c21-19(22,23)10-2-6-15(14(8-10)20(24,25)26)30-11-3-5-12-9(7-11)1-4-13(12)16-17(28)27-18(29)31-16/h2-3,5-8,13,16H,1,4H2,(H,27,28,29)/t13-,16+/m1/s1. The van der Waals surface area contributed by atoms with Gasteiger partial charge in [-0.2, -0.15) is 26.3 Å². The second-order valence-electron chi connectivity index (χ2n) is 7.13. The minimum atomic E-state index is -5.06. The summed E-state index contributed by atoms with van der Waals surface area (Å²) >= 11 is 0. The molecule has 31 heavy (non-hydrogen) atoms. The number of amides is 2. The van der Waals surface area contributed by atoms with Gasteiger partial charge >= 0.3 is 18.4 Å². The normalized spacial score (nSPS) is 21.0. The number of carbonyl (C=O) groups is 2. The largest absolute Gasteiger partial charge is 0.457 e. The first kappa shape index (κ1) is 21.0. The number of fused-ring (bicyclic) bond motifs is 1. The number of benzene rings is 2. The molecule has 1 saturated heterocycles. The Labute approximate surface area is 170 Å². The van der Waals surface area contributed by atoms with Crippen molar-refractivity contribution in [3.05, 3.63) is 58.7 Å². The van der Waals surface area contributed by atoms with E-state index in [9.17, 15) is 35.9 Å². The highest BCUT2D eigenvalue weighted by Crippen LogP contribution is 2.43. The van der Waals surface area contributed by atoms with E-state index in [0.717, 1.165) is 0 Å². The molecule has 1 N–H and O–H groups in total. The van der Waals surface area contributed by atoms with Crippen LogP contribution in [0.25, 0.3) is 0 Å². The van der Waals surface area contributed by atoms with Crippen LogP contribution >= 0.6 is 0 Å². The fourth-order valence-electron chi connectivity index (χ4n) is 3.78. The molecule has 0 radical (unpaired) electrons. The first-order valence-electron chi connectivity index (χ1n) is 9.04. The lowest BCUT2D eigenvalue weighted by atomic mass is 9.95. The van der Waals surface area contributed by atoms with Crippen LogP contribution in [0.5, 0.6) is 11.5 Å². The molecule has 2 aromatic rings. The lowest BCUT2D eigenvalue weighted by Gasteiger charge is -2.18. The van der Waals surface area contributed by atoms with Crippen molar-refractivity contribution in [2.45, 2.75) is 37.2 Å². The number of cyclic esters (lactones) is 1. The van der Waals surface area contributed by atoms with E-state index >= 15 is 0 Å². The second-order valence-corrected chi connectivity index (χ2v) is 7.13. The van der Waals surface area contributed by atoms with Gasteiger partial charge in [-0.15, -0.1) is 0 Å². The average molecular weight is 445 g/mol. The van der Waals surface area contributed by atoms with Crippen LogP contribution < -0.4 is 10.1 Å². The maximum atomic E-state index is 13.3. The smallest absolute Gasteiger partial charge is 0.420 e. The van der Waals surface area contributed by atoms with E-state index in [1.165, 1.54) is 12.1 Å². The number of alkyl carbamates (subject to hydrolysis) is 1. The van der Waals surface area contributed by atoms with Gasteiger partial charge in [-0.25, -0.2) is 4.79 Å². The molecule has 1 aliphatic carbocycles. The van der Waals surface area contributed by atoms with Crippen molar-refractivity contribution >= 4 is 12.0 Å². The Hall–Kier alpha value is -3.24. The van der Waals surface area contributed by atoms with Gasteiger partial charge in [0.1, 0.15) is 11.5 Å². The number of aryl methyl sites for hydroxylation is 1. The van der Waals surface area contributed by atoms with Gasteiger partial charge in [-0.05, 0) is 54.3 Å². The van der Waals surface area contributed by atoms with E-state index in [0.29, 0.717) is 36.1 Å². The van der Waals surface area contributed by atoms with Gasteiger partial charge in [0.05, 0.1) is 11.1 Å². The molecule has 0 spiro atoms. The molecule has 5 nitrogen and oxygen atoms in total. The molecule has 0 unspecified atom stereocenters. The third kappa shape index (κ3) is 4.04. The monoisotopic (exact) mass is 445 g/mol. The number of ether oxygens (including phenoxy) is 2. The Bertz CT molecular complexity index is 1060. The van der Waals surface area contributed by atoms with Gasteiger partial charge in [0.2, 0.25) is 0 Å². The summed E-state index contributed by atoms with van der Waals surface area (Å²) in [5, 5.41) is 2.04. The molecule has 0 aromatic heterocycles. The van der Waals surface area contributed by atoms with Crippen molar-refractivity contribution in [2.24, 2.45) is 0 Å². The van der Waals surface area contributed by atoms with Gasteiger partial charge in [-0.3, -0.25) is 10.1 Å². The summed E-state index contributed by atoms with van der Waals surface area (Å²) in [6.07, 6.45) is -10.9. The molecule has 2 amide bonds. The van der Waals surface area contributed by atoms with Crippen LogP contribution in [0.3, 0.4) is 0 Å². The number of alkyl halides is 6. The maximum Gasteiger partial charge on any atom is 0.420 e. The number of hydrogen-bond donors (Lipinski definition) is 1. The highest BCUT2D eigenvalue weighted by molar-refractivity contribution is 6.00. The minimum absolute atomic E-state index is 0.00229. The van der Waals surface area contributed by atoms with E-state index in [1.54, 1.807) is 6.07 Å². The fraction of sp³-hybridized carbons (Fsp3) is 0.300. The summed E-state index contributed by atoms with van der Waals surface area (Å²) < 4.78 is 88.6. The molecule has 0 saturated carbocycles. The van der Waals surface area contributed by atoms with Crippen molar-refractivity contribution in [2.75, 3.05) is 0 Å². The first-order chi connectivity index (χ1) is 14.4. The Morgan fingerprint density at radius 1 is 0.968 bits per heavy atom. The molecular formula is C20H13F6NO4. The average Bonchev–Trinajstić information content (AvgIpc) is 3.22. The van der Waals surface area contributed by atoms with Crippen LogP contribution in [0.4, 0.5) is 31.1 Å². The number of halogens is 6. The highest BCUT2D eigenvalue weighted by atomic mass is 19.4. The van der Waals surface area contributed by atoms with E-state index < -0.39 is 53.3 Å². The van der Waals surface area contributed by atoms with Crippen LogP contribution in [0.2, 0.25) is 0 Å². The maximum absolute atomic E-state index is 13.3. The number of rotatable bonds is 3. The zero-order valence-corrected chi connectivity index (χ0v) is 15.4. The molecule has 1 heterocycles. The molecule has 0 bridgehead atoms. The molecule has 164 valence electrons. The summed E-state index contributed by atoms with van der Waals surface area (Å²) in [6, 6.07) is 5.50. The van der Waals surface area contributed by atoms with Crippen molar-refractivity contribution in [3.63, 3.8) is 0 Å². The third-order valence-electron chi connectivity index (χ3n) is 5.16. The van der Waals surface area contributed by atoms with Crippen molar-refractivity contribution in [1.82, 2.24) is 5.32 Å². The topological polar surface area (TPSA) is 64.6 Å². The van der Waals surface area contributed by atoms with Gasteiger partial charge in [-0.1, -0.05) is 6.07 Å². The Kier molecular flexibility index (Phi) is 4.86. The number of hydrogen-bond acceptors (Lipinski definition) is 4. The zero-order chi connectivity index (χ0) is 22.6. The van der Waals surface area contributed by atoms with Crippen LogP contribution in [0, 0.1) is 0 Å². The van der Waals surface area contributed by atoms with E-state index in [2.05, 4.69) is 0 Å². The van der Waals surface area contributed by atoms with Gasteiger partial charge < -0.3 is 9.47 Å². The van der Waals surface area contributed by atoms with E-state index in [4.69, 9.17) is 9.47 Å². The minimum Gasteiger partial charge on any atom is -0.457 e. The van der Waals surface area contributed by atoms with Gasteiger partial charge in [0.25, 0.3) is 5.91 Å². The Morgan fingerprint density at radius 3 is 2.32 bits per heavy atom. The molecule has 2 aliphatic rings. The first-order valence-corrected chi connectivity index (χ1v) is 9.04. The van der Waals surface area contributed by atoms with Crippen molar-refractivity contribution in [1.29, 1.82) is 0 Å². The van der Waals surface area contributed by atoms with Crippen molar-refractivity contribution in [3.8, 4) is 11.5 Å². The molecular weight excluding hydrogens is 432 g/mol. The summed E-state index contributed by atoms with van der Waals surface area (Å²) in [5.41, 5.74) is -1.62. The van der Waals surface area contributed by atoms with Crippen molar-refractivity contribution < 1.29 is 45.4 Å². The summed E-state index contributed by atoms with van der Waals surface area (Å²) in [7, 11) is 0. The van der Waals surface area contributed by atoms with Crippen LogP contribution in [0.15, 0.2) is 36.4 Å². The number of carbonyl (C=O) groups excluding carboxylic acids is 2. The molecule has 11 heteroatoms. The quantitative estimate of drug-likeness (QED) is 0.662. The summed E-state index contributed by atoms with van der Waals surface area (Å²) in [6.45, 7) is 0. The SMILES string of the molecule is O=C1NC(=O)[C@H]([C@@H]2CCc3cc(Oc4ccc(C(F)(F)F)cc4C(F)(F)F)ccc32)O1. The molecule has 1 fully saturated rings. The number of nitrogens with one attached hydrogen (secondary N) is 1. The molecule has 1 aliphatic heterocycles. The van der Waals surface area contributed by atoms with Crippen LogP contribution in [0.1, 0.15) is 34.6 Å². The van der Waals surface area contributed by atoms with Gasteiger partial charge in [0, 0.05) is 5.92 Å². The lowest BCUT2D eigenvalue weighted by Crippen LogP contribution is -2.28. The zero-order valence-electron chi connectivity index (χ0n) is 15.4. The highest BCUT2D eigenvalue weighted by Gasteiger charge is 2.42. The van der Waals surface area contributed by atoms with Crippen LogP contribution in [-0.2, 0) is 28.3 Å². The molecule has 4 rings (SSSR count). The van der Waals surface area contributed by atoms with Gasteiger partial charge in [0.15, 0.2) is 6.10 Å². The third-order valence-corrected chi connectivity index (χ3v) is 5.16. The predicted octanol–water partition coefficient (Wildman–Crippen LogP) is 5.18. The van der Waals surface area contributed by atoms with E-state index in [1.807, 2.05) is 5.32 Å². The van der Waals surface area contributed by atoms with Crippen LogP contribution in [-0.4, -0.2) is 18.1 Å². The van der Waals surface area contributed by atoms with E-state index in [-0.39, 0.29) is 11.8 Å². The fourth-order valence-corrected chi connectivity index (χ4v) is 3.78. The Balaban J connectivity index is 1.62.